The van der Waals surface area contributed by atoms with Crippen LogP contribution in [0.15, 0.2) is 39.5 Å². The molecule has 1 amide bonds. The van der Waals surface area contributed by atoms with E-state index in [1.807, 2.05) is 12.2 Å². The van der Waals surface area contributed by atoms with Crippen LogP contribution in [0.1, 0.15) is 19.3 Å². The smallest absolute Gasteiger partial charge is 0.296 e. The van der Waals surface area contributed by atoms with Crippen molar-refractivity contribution < 1.29 is 17.8 Å². The fraction of sp³-hybridized carbons (Fsp3) is 0.467. The lowest BCUT2D eigenvalue weighted by Gasteiger charge is -2.33. The zero-order chi connectivity index (χ0) is 18.8. The normalized spacial score (nSPS) is 24.6. The average molecular weight is 389 g/mol. The quantitative estimate of drug-likeness (QED) is 0.341. The Labute approximate surface area is 151 Å². The molecule has 1 aliphatic carbocycles. The Morgan fingerprint density at radius 2 is 2.00 bits per heavy atom. The predicted molar refractivity (Wildman–Crippen MR) is 96.2 cm³/mol. The van der Waals surface area contributed by atoms with Gasteiger partial charge < -0.3 is 16.4 Å². The van der Waals surface area contributed by atoms with Gasteiger partial charge in [-0.2, -0.15) is 13.4 Å². The number of rotatable bonds is 1. The lowest BCUT2D eigenvalue weighted by atomic mass is 9.88. The van der Waals surface area contributed by atoms with Crippen LogP contribution in [0.4, 0.5) is 0 Å². The molecule has 1 fully saturated rings. The number of hydrogen-bond donors (Lipinski definition) is 3. The zero-order valence-corrected chi connectivity index (χ0v) is 15.3. The molecule has 0 aromatic heterocycles. The van der Waals surface area contributed by atoms with Crippen molar-refractivity contribution in [2.45, 2.75) is 25.3 Å². The summed E-state index contributed by atoms with van der Waals surface area (Å²) in [6, 6.07) is 0.156. The number of carbonyl (C=O) groups is 1. The van der Waals surface area contributed by atoms with E-state index in [1.54, 1.807) is 0 Å². The molecule has 2 unspecified atom stereocenters. The monoisotopic (exact) mass is 388 g/mol. The number of hydrogen-bond acceptors (Lipinski definition) is 4. The molecule has 3 rings (SSSR count). The van der Waals surface area contributed by atoms with E-state index in [1.165, 1.54) is 5.57 Å². The van der Waals surface area contributed by atoms with Crippen LogP contribution in [0, 0.1) is 5.92 Å². The first-order valence-corrected chi connectivity index (χ1v) is 9.91. The van der Waals surface area contributed by atoms with Crippen molar-refractivity contribution in [2.75, 3.05) is 12.8 Å². The third-order valence-electron chi connectivity index (χ3n) is 4.04. The van der Waals surface area contributed by atoms with Gasteiger partial charge in [-0.05, 0) is 37.0 Å². The van der Waals surface area contributed by atoms with Gasteiger partial charge in [0, 0.05) is 17.5 Å². The summed E-state index contributed by atoms with van der Waals surface area (Å²) >= 11 is 6.31. The number of carbonyl (C=O) groups excluding carboxylic acids is 1. The maximum absolute atomic E-state index is 12.2. The predicted octanol–water partition coefficient (Wildman–Crippen LogP) is 0.721. The Bertz CT molecular complexity index is 773. The van der Waals surface area contributed by atoms with Crippen molar-refractivity contribution in [3.63, 3.8) is 0 Å². The van der Waals surface area contributed by atoms with Gasteiger partial charge in [-0.15, -0.1) is 0 Å². The standard InChI is InChI=1S/C14H17ClN4O.CH4O3S/c15-10-5-4-8-3-1-2-6-19-11(7-9(10)12(8)19)13(20)18-14(16)17;1-5(2,3)4/h4-5,7,9,12H,1-3,6H2,(H4,16,17,18,20);1H3,(H,2,3,4). The largest absolute Gasteiger partial charge is 0.370 e. The molecule has 2 atom stereocenters. The molecule has 0 aromatic carbocycles. The maximum Gasteiger partial charge on any atom is 0.296 e. The Hall–Kier alpha value is -1.84. The van der Waals surface area contributed by atoms with Gasteiger partial charge in [-0.1, -0.05) is 17.7 Å². The minimum absolute atomic E-state index is 0.0444. The molecule has 25 heavy (non-hydrogen) atoms. The summed E-state index contributed by atoms with van der Waals surface area (Å²) in [4.78, 5) is 17.9. The highest BCUT2D eigenvalue weighted by atomic mass is 35.5. The average Bonchev–Trinajstić information content (AvgIpc) is 2.71. The fourth-order valence-electron chi connectivity index (χ4n) is 3.23. The Morgan fingerprint density at radius 3 is 2.60 bits per heavy atom. The molecule has 0 saturated carbocycles. The Kier molecular flexibility index (Phi) is 5.91. The summed E-state index contributed by atoms with van der Waals surface area (Å²) in [5, 5.41) is 0.762. The zero-order valence-electron chi connectivity index (χ0n) is 13.7. The second-order valence-corrected chi connectivity index (χ2v) is 7.94. The molecule has 5 N–H and O–H groups in total. The van der Waals surface area contributed by atoms with Crippen molar-refractivity contribution in [1.82, 2.24) is 4.90 Å². The molecular weight excluding hydrogens is 368 g/mol. The first kappa shape index (κ1) is 19.5. The summed E-state index contributed by atoms with van der Waals surface area (Å²) in [7, 11) is -3.67. The number of halogens is 1. The second-order valence-electron chi connectivity index (χ2n) is 6.04. The summed E-state index contributed by atoms with van der Waals surface area (Å²) < 4.78 is 25.9. The highest BCUT2D eigenvalue weighted by molar-refractivity contribution is 7.85. The minimum atomic E-state index is -3.67. The third-order valence-corrected chi connectivity index (χ3v) is 4.42. The Balaban J connectivity index is 0.000000399. The molecule has 0 bridgehead atoms. The van der Waals surface area contributed by atoms with Crippen LogP contribution in [-0.2, 0) is 14.9 Å². The number of guanidine groups is 1. The molecule has 0 radical (unpaired) electrons. The van der Waals surface area contributed by atoms with Crippen LogP contribution in [0.25, 0.3) is 0 Å². The molecule has 2 heterocycles. The van der Waals surface area contributed by atoms with Crippen molar-refractivity contribution in [3.8, 4) is 0 Å². The van der Waals surface area contributed by atoms with E-state index in [0.29, 0.717) is 12.0 Å². The van der Waals surface area contributed by atoms with E-state index in [9.17, 15) is 13.2 Å². The summed E-state index contributed by atoms with van der Waals surface area (Å²) in [5.41, 5.74) is 12.5. The van der Waals surface area contributed by atoms with E-state index in [4.69, 9.17) is 27.6 Å². The van der Waals surface area contributed by atoms with Crippen LogP contribution < -0.4 is 11.5 Å². The third kappa shape index (κ3) is 5.07. The summed E-state index contributed by atoms with van der Waals surface area (Å²) in [6.07, 6.45) is 9.86. The van der Waals surface area contributed by atoms with E-state index in [0.717, 1.165) is 30.8 Å². The highest BCUT2D eigenvalue weighted by Crippen LogP contribution is 2.43. The van der Waals surface area contributed by atoms with Crippen molar-refractivity contribution in [1.29, 1.82) is 0 Å². The van der Waals surface area contributed by atoms with Crippen molar-refractivity contribution in [3.05, 3.63) is 34.5 Å². The maximum atomic E-state index is 12.2. The van der Waals surface area contributed by atoms with Gasteiger partial charge in [0.1, 0.15) is 5.70 Å². The lowest BCUT2D eigenvalue weighted by Crippen LogP contribution is -2.38. The number of aliphatic imine (C=N–C) groups is 1. The van der Waals surface area contributed by atoms with Gasteiger partial charge >= 0.3 is 0 Å². The molecular formula is C15H21ClN4O4S. The van der Waals surface area contributed by atoms with Crippen LogP contribution in [0.3, 0.4) is 0 Å². The van der Waals surface area contributed by atoms with Crippen LogP contribution in [-0.4, -0.2) is 48.6 Å². The van der Waals surface area contributed by atoms with Gasteiger partial charge in [0.15, 0.2) is 5.96 Å². The number of nitrogens with two attached hydrogens (primary N) is 2. The van der Waals surface area contributed by atoms with Crippen molar-refractivity contribution in [2.24, 2.45) is 22.4 Å². The Morgan fingerprint density at radius 1 is 1.36 bits per heavy atom. The molecule has 10 heteroatoms. The topological polar surface area (TPSA) is 139 Å². The molecule has 2 aliphatic heterocycles. The lowest BCUT2D eigenvalue weighted by molar-refractivity contribution is -0.115. The van der Waals surface area contributed by atoms with E-state index < -0.39 is 10.1 Å². The second kappa shape index (κ2) is 7.59. The van der Waals surface area contributed by atoms with Crippen LogP contribution in [0.2, 0.25) is 0 Å². The first-order chi connectivity index (χ1) is 11.6. The minimum Gasteiger partial charge on any atom is -0.370 e. The van der Waals surface area contributed by atoms with E-state index >= 15 is 0 Å². The molecule has 0 spiro atoms. The molecule has 3 aliphatic rings. The van der Waals surface area contributed by atoms with Gasteiger partial charge in [0.25, 0.3) is 16.0 Å². The van der Waals surface area contributed by atoms with E-state index in [2.05, 4.69) is 16.0 Å². The molecule has 0 aromatic rings. The van der Waals surface area contributed by atoms with Gasteiger partial charge in [-0.3, -0.25) is 9.35 Å². The highest BCUT2D eigenvalue weighted by Gasteiger charge is 2.42. The van der Waals surface area contributed by atoms with E-state index in [-0.39, 0.29) is 23.8 Å². The summed E-state index contributed by atoms with van der Waals surface area (Å²) in [6.45, 7) is 0.834. The molecule has 1 saturated heterocycles. The van der Waals surface area contributed by atoms with Gasteiger partial charge in [0.05, 0.1) is 12.3 Å². The van der Waals surface area contributed by atoms with Gasteiger partial charge in [-0.25, -0.2) is 0 Å². The number of nitrogens with zero attached hydrogens (tertiary/aromatic N) is 2. The SMILES string of the molecule is CS(=O)(=O)O.NC(N)=NC(=O)C1=CC2C(Cl)=CC=C3CCCCN1C32. The molecule has 138 valence electrons. The van der Waals surface area contributed by atoms with Crippen molar-refractivity contribution >= 4 is 33.6 Å². The number of amides is 1. The first-order valence-electron chi connectivity index (χ1n) is 7.69. The van der Waals surface area contributed by atoms with Gasteiger partial charge in [0.2, 0.25) is 0 Å². The van der Waals surface area contributed by atoms with Crippen LogP contribution in [0.5, 0.6) is 0 Å². The van der Waals surface area contributed by atoms with Crippen LogP contribution >= 0.6 is 11.6 Å². The fourth-order valence-corrected chi connectivity index (χ4v) is 3.47. The summed E-state index contributed by atoms with van der Waals surface area (Å²) in [5.74, 6) is -0.550. The number of allylic oxidation sites excluding steroid dienone is 2. The molecule has 8 nitrogen and oxygen atoms in total.